The molecular formula is C21H24N2O3. The number of methoxy groups -OCH3 is 1. The Morgan fingerprint density at radius 2 is 1.85 bits per heavy atom. The van der Waals surface area contributed by atoms with Crippen molar-refractivity contribution < 1.29 is 14.3 Å². The van der Waals surface area contributed by atoms with Crippen LogP contribution >= 0.6 is 0 Å². The number of rotatable bonds is 5. The SMILES string of the molecule is COc1ccc(N(CN2CCCC2=O)C(=O)c2ccc(C)c(C)c2)cc1. The van der Waals surface area contributed by atoms with Gasteiger partial charge in [-0.1, -0.05) is 6.07 Å². The molecule has 26 heavy (non-hydrogen) atoms. The summed E-state index contributed by atoms with van der Waals surface area (Å²) in [5.74, 6) is 0.707. The van der Waals surface area contributed by atoms with E-state index in [4.69, 9.17) is 4.74 Å². The van der Waals surface area contributed by atoms with E-state index in [9.17, 15) is 9.59 Å². The Morgan fingerprint density at radius 1 is 1.12 bits per heavy atom. The van der Waals surface area contributed by atoms with Crippen molar-refractivity contribution in [2.75, 3.05) is 25.2 Å². The molecule has 0 atom stereocenters. The Bertz CT molecular complexity index is 815. The van der Waals surface area contributed by atoms with Crippen molar-refractivity contribution >= 4 is 17.5 Å². The highest BCUT2D eigenvalue weighted by atomic mass is 16.5. The molecule has 1 aliphatic rings. The van der Waals surface area contributed by atoms with Crippen LogP contribution in [-0.2, 0) is 4.79 Å². The lowest BCUT2D eigenvalue weighted by Crippen LogP contribution is -2.42. The zero-order chi connectivity index (χ0) is 18.7. The zero-order valence-corrected chi connectivity index (χ0v) is 15.5. The fourth-order valence-corrected chi connectivity index (χ4v) is 3.08. The summed E-state index contributed by atoms with van der Waals surface area (Å²) in [5, 5.41) is 0. The maximum atomic E-state index is 13.2. The van der Waals surface area contributed by atoms with E-state index in [0.717, 1.165) is 29.0 Å². The number of ether oxygens (including phenoxy) is 1. The molecule has 0 aliphatic carbocycles. The lowest BCUT2D eigenvalue weighted by Gasteiger charge is -2.28. The summed E-state index contributed by atoms with van der Waals surface area (Å²) in [7, 11) is 1.61. The Balaban J connectivity index is 1.93. The van der Waals surface area contributed by atoms with E-state index in [1.54, 1.807) is 16.9 Å². The predicted octanol–water partition coefficient (Wildman–Crippen LogP) is 3.54. The van der Waals surface area contributed by atoms with Gasteiger partial charge in [0.2, 0.25) is 5.91 Å². The second-order valence-electron chi connectivity index (χ2n) is 6.63. The van der Waals surface area contributed by atoms with E-state index in [1.165, 1.54) is 0 Å². The average molecular weight is 352 g/mol. The van der Waals surface area contributed by atoms with Crippen molar-refractivity contribution in [3.63, 3.8) is 0 Å². The van der Waals surface area contributed by atoms with Gasteiger partial charge in [-0.15, -0.1) is 0 Å². The molecule has 2 aromatic carbocycles. The fourth-order valence-electron chi connectivity index (χ4n) is 3.08. The Hall–Kier alpha value is -2.82. The average Bonchev–Trinajstić information content (AvgIpc) is 3.06. The number of anilines is 1. The van der Waals surface area contributed by atoms with Crippen LogP contribution < -0.4 is 9.64 Å². The van der Waals surface area contributed by atoms with Gasteiger partial charge >= 0.3 is 0 Å². The van der Waals surface area contributed by atoms with Gasteiger partial charge in [0.25, 0.3) is 5.91 Å². The molecule has 3 rings (SSSR count). The van der Waals surface area contributed by atoms with Crippen molar-refractivity contribution in [2.45, 2.75) is 26.7 Å². The number of hydrogen-bond acceptors (Lipinski definition) is 3. The zero-order valence-electron chi connectivity index (χ0n) is 15.5. The van der Waals surface area contributed by atoms with Gasteiger partial charge in [0, 0.05) is 24.2 Å². The van der Waals surface area contributed by atoms with Crippen LogP contribution in [0.5, 0.6) is 5.75 Å². The van der Waals surface area contributed by atoms with Gasteiger partial charge in [-0.05, 0) is 67.8 Å². The van der Waals surface area contributed by atoms with Gasteiger partial charge < -0.3 is 9.64 Å². The number of carbonyl (C=O) groups excluding carboxylic acids is 2. The number of aryl methyl sites for hydroxylation is 2. The van der Waals surface area contributed by atoms with E-state index >= 15 is 0 Å². The molecule has 1 saturated heterocycles. The number of amides is 2. The molecule has 0 unspecified atom stereocenters. The molecule has 0 aromatic heterocycles. The Labute approximate surface area is 154 Å². The lowest BCUT2D eigenvalue weighted by molar-refractivity contribution is -0.127. The molecule has 0 spiro atoms. The highest BCUT2D eigenvalue weighted by Crippen LogP contribution is 2.23. The van der Waals surface area contributed by atoms with Crippen molar-refractivity contribution in [3.05, 3.63) is 59.2 Å². The second-order valence-corrected chi connectivity index (χ2v) is 6.63. The minimum Gasteiger partial charge on any atom is -0.497 e. The molecule has 2 aromatic rings. The minimum absolute atomic E-state index is 0.0939. The number of hydrogen-bond donors (Lipinski definition) is 0. The molecule has 0 saturated carbocycles. The van der Waals surface area contributed by atoms with Crippen molar-refractivity contribution in [1.29, 1.82) is 0 Å². The summed E-state index contributed by atoms with van der Waals surface area (Å²) in [6.45, 7) is 4.96. The van der Waals surface area contributed by atoms with E-state index in [0.29, 0.717) is 18.5 Å². The van der Waals surface area contributed by atoms with Crippen LogP contribution in [-0.4, -0.2) is 37.0 Å². The van der Waals surface area contributed by atoms with Crippen molar-refractivity contribution in [2.24, 2.45) is 0 Å². The van der Waals surface area contributed by atoms with Gasteiger partial charge in [-0.2, -0.15) is 0 Å². The van der Waals surface area contributed by atoms with Crippen LogP contribution in [0.4, 0.5) is 5.69 Å². The number of nitrogens with zero attached hydrogens (tertiary/aromatic N) is 2. The van der Waals surface area contributed by atoms with Gasteiger partial charge in [-0.25, -0.2) is 0 Å². The van der Waals surface area contributed by atoms with Crippen molar-refractivity contribution in [3.8, 4) is 5.75 Å². The number of carbonyl (C=O) groups is 2. The summed E-state index contributed by atoms with van der Waals surface area (Å²) in [6, 6.07) is 13.0. The van der Waals surface area contributed by atoms with E-state index in [1.807, 2.05) is 56.3 Å². The maximum Gasteiger partial charge on any atom is 0.259 e. The van der Waals surface area contributed by atoms with Crippen molar-refractivity contribution in [1.82, 2.24) is 4.90 Å². The van der Waals surface area contributed by atoms with Crippen LogP contribution in [0.1, 0.15) is 34.3 Å². The summed E-state index contributed by atoms with van der Waals surface area (Å²) in [6.07, 6.45) is 1.39. The van der Waals surface area contributed by atoms with Crippen LogP contribution in [0.2, 0.25) is 0 Å². The fraction of sp³-hybridized carbons (Fsp3) is 0.333. The van der Waals surface area contributed by atoms with Gasteiger partial charge in [0.15, 0.2) is 0 Å². The molecule has 136 valence electrons. The first-order chi connectivity index (χ1) is 12.5. The molecular weight excluding hydrogens is 328 g/mol. The summed E-state index contributed by atoms with van der Waals surface area (Å²) >= 11 is 0. The maximum absolute atomic E-state index is 13.2. The molecule has 1 aliphatic heterocycles. The third-order valence-electron chi connectivity index (χ3n) is 4.87. The smallest absolute Gasteiger partial charge is 0.259 e. The third kappa shape index (κ3) is 3.72. The highest BCUT2D eigenvalue weighted by Gasteiger charge is 2.26. The predicted molar refractivity (Wildman–Crippen MR) is 102 cm³/mol. The topological polar surface area (TPSA) is 49.9 Å². The van der Waals surface area contributed by atoms with E-state index in [2.05, 4.69) is 0 Å². The molecule has 5 heteroatoms. The number of benzene rings is 2. The van der Waals surface area contributed by atoms with Crippen LogP contribution in [0, 0.1) is 13.8 Å². The Kier molecular flexibility index (Phi) is 5.26. The largest absolute Gasteiger partial charge is 0.497 e. The molecule has 0 bridgehead atoms. The molecule has 5 nitrogen and oxygen atoms in total. The van der Waals surface area contributed by atoms with Crippen LogP contribution in [0.15, 0.2) is 42.5 Å². The molecule has 2 amide bonds. The molecule has 0 N–H and O–H groups in total. The van der Waals surface area contributed by atoms with Gasteiger partial charge in [0.1, 0.15) is 12.4 Å². The van der Waals surface area contributed by atoms with E-state index in [-0.39, 0.29) is 18.5 Å². The third-order valence-corrected chi connectivity index (χ3v) is 4.87. The van der Waals surface area contributed by atoms with Crippen LogP contribution in [0.25, 0.3) is 0 Å². The number of likely N-dealkylation sites (tertiary alicyclic amines) is 1. The van der Waals surface area contributed by atoms with Gasteiger partial charge in [-0.3, -0.25) is 14.5 Å². The first-order valence-corrected chi connectivity index (χ1v) is 8.80. The Morgan fingerprint density at radius 3 is 2.42 bits per heavy atom. The quantitative estimate of drug-likeness (QED) is 0.827. The second kappa shape index (κ2) is 7.60. The molecule has 0 radical (unpaired) electrons. The summed E-state index contributed by atoms with van der Waals surface area (Å²) < 4.78 is 5.21. The monoisotopic (exact) mass is 352 g/mol. The highest BCUT2D eigenvalue weighted by molar-refractivity contribution is 6.06. The summed E-state index contributed by atoms with van der Waals surface area (Å²) in [5.41, 5.74) is 3.58. The molecule has 1 fully saturated rings. The first kappa shape index (κ1) is 18.0. The standard InChI is InChI=1S/C21H24N2O3/c1-15-6-7-17(13-16(15)2)21(25)23(14-22-12-4-5-20(22)24)18-8-10-19(26-3)11-9-18/h6-11,13H,4-5,12,14H2,1-3H3. The van der Waals surface area contributed by atoms with Gasteiger partial charge in [0.05, 0.1) is 7.11 Å². The van der Waals surface area contributed by atoms with Crippen LogP contribution in [0.3, 0.4) is 0 Å². The summed E-state index contributed by atoms with van der Waals surface area (Å²) in [4.78, 5) is 28.7. The van der Waals surface area contributed by atoms with E-state index < -0.39 is 0 Å². The first-order valence-electron chi connectivity index (χ1n) is 8.80. The minimum atomic E-state index is -0.113. The molecule has 1 heterocycles. The normalized spacial score (nSPS) is 13.8. The lowest BCUT2D eigenvalue weighted by atomic mass is 10.1.